The van der Waals surface area contributed by atoms with Crippen LogP contribution in [0.15, 0.2) is 82.7 Å². The predicted molar refractivity (Wildman–Crippen MR) is 147 cm³/mol. The Balaban J connectivity index is 1.41. The van der Waals surface area contributed by atoms with E-state index < -0.39 is 23.5 Å². The van der Waals surface area contributed by atoms with Crippen LogP contribution in [0.3, 0.4) is 0 Å². The second kappa shape index (κ2) is 10.3. The van der Waals surface area contributed by atoms with Crippen LogP contribution in [0.1, 0.15) is 35.2 Å². The number of thioether (sulfide) groups is 1. The van der Waals surface area contributed by atoms with Crippen LogP contribution in [0, 0.1) is 5.82 Å². The molecule has 3 aromatic carbocycles. The fourth-order valence-electron chi connectivity index (χ4n) is 4.82. The lowest BCUT2D eigenvalue weighted by molar-refractivity contribution is -0.132. The lowest BCUT2D eigenvalue weighted by atomic mass is 9.94. The molecule has 1 amide bonds. The van der Waals surface area contributed by atoms with Gasteiger partial charge in [-0.05, 0) is 42.3 Å². The van der Waals surface area contributed by atoms with Gasteiger partial charge in [-0.3, -0.25) is 14.5 Å². The minimum Gasteiger partial charge on any atom is -0.507 e. The number of aliphatic hydroxyl groups is 1. The second-order valence-corrected chi connectivity index (χ2v) is 11.4. The monoisotopic (exact) mass is 559 g/mol. The molecule has 1 saturated heterocycles. The number of nitrogens with zero attached hydrogens (tertiary/aromatic N) is 3. The number of fused-ring (bicyclic) bond motifs is 1. The van der Waals surface area contributed by atoms with Crippen molar-refractivity contribution in [3.63, 3.8) is 0 Å². The summed E-state index contributed by atoms with van der Waals surface area (Å²) in [4.78, 5) is 27.9. The maximum absolute atomic E-state index is 15.2. The van der Waals surface area contributed by atoms with Crippen molar-refractivity contribution in [2.75, 3.05) is 4.90 Å². The summed E-state index contributed by atoms with van der Waals surface area (Å²) >= 11 is 2.58. The van der Waals surface area contributed by atoms with Crippen LogP contribution in [0.5, 0.6) is 5.75 Å². The Kier molecular flexibility index (Phi) is 6.66. The van der Waals surface area contributed by atoms with Crippen LogP contribution in [0.2, 0.25) is 0 Å². The summed E-state index contributed by atoms with van der Waals surface area (Å²) in [6.07, 6.45) is 0.642. The van der Waals surface area contributed by atoms with Gasteiger partial charge >= 0.3 is 5.91 Å². The van der Waals surface area contributed by atoms with Crippen LogP contribution in [-0.2, 0) is 21.8 Å². The van der Waals surface area contributed by atoms with Crippen LogP contribution in [0.4, 0.5) is 9.52 Å². The number of benzene rings is 3. The Morgan fingerprint density at radius 3 is 2.67 bits per heavy atom. The number of ether oxygens (including phenoxy) is 1. The number of hydrogen-bond acceptors (Lipinski definition) is 8. The largest absolute Gasteiger partial charge is 0.507 e. The van der Waals surface area contributed by atoms with Gasteiger partial charge in [0.2, 0.25) is 5.13 Å². The van der Waals surface area contributed by atoms with E-state index in [1.54, 1.807) is 24.3 Å². The Morgan fingerprint density at radius 1 is 1.10 bits per heavy atom. The number of carbonyl (C=O) groups excluding carboxylic acids is 2. The number of hydrogen-bond donors (Lipinski definition) is 1. The number of anilines is 1. The average Bonchev–Trinajstić information content (AvgIpc) is 3.63. The van der Waals surface area contributed by atoms with E-state index >= 15 is 4.39 Å². The summed E-state index contributed by atoms with van der Waals surface area (Å²) in [5, 5.41) is 19.9. The predicted octanol–water partition coefficient (Wildman–Crippen LogP) is 5.92. The van der Waals surface area contributed by atoms with E-state index in [9.17, 15) is 14.7 Å². The molecule has 10 heteroatoms. The van der Waals surface area contributed by atoms with E-state index in [1.807, 2.05) is 37.3 Å². The van der Waals surface area contributed by atoms with Crippen molar-refractivity contribution in [2.45, 2.75) is 35.6 Å². The highest BCUT2D eigenvalue weighted by Crippen LogP contribution is 2.45. The quantitative estimate of drug-likeness (QED) is 0.103. The highest BCUT2D eigenvalue weighted by atomic mass is 32.2. The molecule has 0 saturated carbocycles. The van der Waals surface area contributed by atoms with E-state index in [-0.39, 0.29) is 28.1 Å². The number of Topliss-reactive ketones (excluding diaryl/α,β-unsaturated/α-hetero) is 1. The van der Waals surface area contributed by atoms with Crippen molar-refractivity contribution >= 4 is 45.7 Å². The molecule has 2 aliphatic rings. The summed E-state index contributed by atoms with van der Waals surface area (Å²) in [6.45, 7) is 1.94. The van der Waals surface area contributed by atoms with Crippen LogP contribution < -0.4 is 9.64 Å². The van der Waals surface area contributed by atoms with Gasteiger partial charge < -0.3 is 9.84 Å². The van der Waals surface area contributed by atoms with Gasteiger partial charge in [0.05, 0.1) is 5.57 Å². The van der Waals surface area contributed by atoms with E-state index in [0.29, 0.717) is 27.8 Å². The third-order valence-electron chi connectivity index (χ3n) is 6.62. The zero-order chi connectivity index (χ0) is 27.1. The minimum absolute atomic E-state index is 0.00671. The third kappa shape index (κ3) is 4.70. The molecule has 0 radical (unpaired) electrons. The van der Waals surface area contributed by atoms with E-state index in [1.165, 1.54) is 30.0 Å². The van der Waals surface area contributed by atoms with Gasteiger partial charge in [0.15, 0.2) is 4.34 Å². The van der Waals surface area contributed by atoms with Crippen LogP contribution >= 0.6 is 23.1 Å². The zero-order valence-corrected chi connectivity index (χ0v) is 22.3. The van der Waals surface area contributed by atoms with Crippen LogP contribution in [0.25, 0.3) is 5.76 Å². The van der Waals surface area contributed by atoms with Gasteiger partial charge in [0.25, 0.3) is 5.78 Å². The zero-order valence-electron chi connectivity index (χ0n) is 20.7. The topological polar surface area (TPSA) is 92.6 Å². The number of carbonyl (C=O) groups is 2. The maximum atomic E-state index is 15.2. The molecule has 196 valence electrons. The molecule has 6 rings (SSSR count). The highest BCUT2D eigenvalue weighted by Gasteiger charge is 2.49. The molecule has 0 bridgehead atoms. The fourth-order valence-corrected chi connectivity index (χ4v) is 6.65. The molecule has 2 atom stereocenters. The summed E-state index contributed by atoms with van der Waals surface area (Å²) < 4.78 is 21.5. The number of rotatable bonds is 6. The van der Waals surface area contributed by atoms with Crippen molar-refractivity contribution < 1.29 is 23.8 Å². The summed E-state index contributed by atoms with van der Waals surface area (Å²) in [6, 6.07) is 19.6. The minimum atomic E-state index is -1.21. The normalized spacial score (nSPS) is 19.8. The first-order chi connectivity index (χ1) is 18.9. The van der Waals surface area contributed by atoms with E-state index in [2.05, 4.69) is 10.2 Å². The van der Waals surface area contributed by atoms with Crippen molar-refractivity contribution in [1.29, 1.82) is 0 Å². The van der Waals surface area contributed by atoms with Gasteiger partial charge in [-0.15, -0.1) is 10.2 Å². The van der Waals surface area contributed by atoms with E-state index in [0.717, 1.165) is 27.4 Å². The standard InChI is InChI=1S/C29H22FN3O4S2/c1-16-13-19-14-18(11-12-22(19)37-16)25(34)23-24(20-9-5-6-10-21(20)30)33(27(36)26(23)35)28-31-32-29(39-28)38-15-17-7-3-2-4-8-17/h2-12,14,16,24,34H,13,15H2,1H3/b25-23+/t16-,24-/m1/s1. The molecule has 4 aromatic rings. The molecule has 1 N–H and O–H groups in total. The molecule has 39 heavy (non-hydrogen) atoms. The van der Waals surface area contributed by atoms with Crippen LogP contribution in [-0.4, -0.2) is 33.1 Å². The number of halogens is 1. The molecular formula is C29H22FN3O4S2. The van der Waals surface area contributed by atoms with Crippen molar-refractivity contribution in [1.82, 2.24) is 10.2 Å². The molecule has 0 spiro atoms. The number of aliphatic hydroxyl groups excluding tert-OH is 1. The molecule has 3 heterocycles. The highest BCUT2D eigenvalue weighted by molar-refractivity contribution is 8.00. The van der Waals surface area contributed by atoms with Gasteiger partial charge in [-0.2, -0.15) is 0 Å². The molecule has 0 unspecified atom stereocenters. The van der Waals surface area contributed by atoms with Crippen molar-refractivity contribution in [3.05, 3.63) is 106 Å². The number of aromatic nitrogens is 2. The lowest BCUT2D eigenvalue weighted by Gasteiger charge is -2.22. The molecule has 1 aromatic heterocycles. The Morgan fingerprint density at radius 2 is 1.87 bits per heavy atom. The smallest absolute Gasteiger partial charge is 0.301 e. The average molecular weight is 560 g/mol. The maximum Gasteiger partial charge on any atom is 0.301 e. The second-order valence-electron chi connectivity index (χ2n) is 9.27. The first-order valence-corrected chi connectivity index (χ1v) is 14.1. The summed E-state index contributed by atoms with van der Waals surface area (Å²) in [5.74, 6) is -1.46. The molecular weight excluding hydrogens is 537 g/mol. The van der Waals surface area contributed by atoms with Crippen molar-refractivity contribution in [2.24, 2.45) is 0 Å². The lowest BCUT2D eigenvalue weighted by Crippen LogP contribution is -2.29. The van der Waals surface area contributed by atoms with Gasteiger partial charge in [-0.25, -0.2) is 4.39 Å². The molecule has 7 nitrogen and oxygen atoms in total. The van der Waals surface area contributed by atoms with Gasteiger partial charge in [0.1, 0.15) is 29.5 Å². The summed E-state index contributed by atoms with van der Waals surface area (Å²) in [7, 11) is 0. The van der Waals surface area contributed by atoms with Gasteiger partial charge in [-0.1, -0.05) is 71.6 Å². The first-order valence-electron chi connectivity index (χ1n) is 12.3. The SMILES string of the molecule is C[C@@H]1Cc2cc(/C(O)=C3\C(=O)C(=O)N(c4nnc(SCc5ccccc5)s4)[C@@H]3c3ccccc3F)ccc2O1. The first kappa shape index (κ1) is 25.3. The van der Waals surface area contributed by atoms with Gasteiger partial charge in [0, 0.05) is 23.3 Å². The summed E-state index contributed by atoms with van der Waals surface area (Å²) in [5.41, 5.74) is 2.20. The molecule has 2 aliphatic heterocycles. The third-order valence-corrected chi connectivity index (χ3v) is 8.75. The van der Waals surface area contributed by atoms with E-state index in [4.69, 9.17) is 4.74 Å². The Bertz CT molecular complexity index is 1620. The fraction of sp³-hybridized carbons (Fsp3) is 0.172. The Labute approximate surface area is 232 Å². The Hall–Kier alpha value is -4.02. The van der Waals surface area contributed by atoms with Crippen molar-refractivity contribution in [3.8, 4) is 5.75 Å². The molecule has 0 aliphatic carbocycles. The number of amides is 1. The molecule has 1 fully saturated rings. The number of ketones is 1.